The summed E-state index contributed by atoms with van der Waals surface area (Å²) in [5.74, 6) is -0.741. The van der Waals surface area contributed by atoms with E-state index in [1.807, 2.05) is 84.9 Å². The fraction of sp³-hybridized carbons (Fsp3) is 0.179. The van der Waals surface area contributed by atoms with Crippen LogP contribution < -0.4 is 9.64 Å². The van der Waals surface area contributed by atoms with Crippen molar-refractivity contribution in [3.8, 4) is 5.75 Å². The molecule has 3 aliphatic rings. The van der Waals surface area contributed by atoms with Crippen LogP contribution in [0, 0.1) is 11.8 Å². The molecule has 1 fully saturated rings. The molecule has 1 aliphatic carbocycles. The van der Waals surface area contributed by atoms with Crippen LogP contribution in [0.3, 0.4) is 0 Å². The molecule has 0 aromatic heterocycles. The lowest BCUT2D eigenvalue weighted by Gasteiger charge is -2.32. The minimum atomic E-state index is -0.479. The number of anilines is 1. The largest absolute Gasteiger partial charge is 0.497 e. The molecular weight excluding hydrogens is 444 g/mol. The fourth-order valence-corrected chi connectivity index (χ4v) is 6.50. The van der Waals surface area contributed by atoms with Gasteiger partial charge in [-0.25, -0.2) is 9.89 Å². The van der Waals surface area contributed by atoms with Crippen molar-refractivity contribution >= 4 is 34.3 Å². The molecule has 0 spiro atoms. The summed E-state index contributed by atoms with van der Waals surface area (Å²) in [6, 6.07) is 27.0. The van der Waals surface area contributed by atoms with Gasteiger partial charge in [-0.2, -0.15) is 0 Å². The van der Waals surface area contributed by atoms with Crippen LogP contribution in [-0.4, -0.2) is 29.2 Å². The number of rotatable bonds is 4. The summed E-state index contributed by atoms with van der Waals surface area (Å²) >= 11 is 1.59. The molecule has 1 saturated heterocycles. The molecule has 168 valence electrons. The van der Waals surface area contributed by atoms with Gasteiger partial charge in [0.2, 0.25) is 11.8 Å². The molecule has 0 radical (unpaired) electrons. The molecule has 2 heterocycles. The van der Waals surface area contributed by atoms with E-state index in [9.17, 15) is 9.59 Å². The topological polar surface area (TPSA) is 59.0 Å². The molecule has 34 heavy (non-hydrogen) atoms. The predicted molar refractivity (Wildman–Crippen MR) is 134 cm³/mol. The normalized spacial score (nSPS) is 25.5. The Hall–Kier alpha value is -3.64. The second kappa shape index (κ2) is 8.29. The molecule has 0 unspecified atom stereocenters. The van der Waals surface area contributed by atoms with Gasteiger partial charge < -0.3 is 4.74 Å². The number of carbonyl (C=O) groups is 2. The number of methoxy groups -OCH3 is 1. The van der Waals surface area contributed by atoms with Gasteiger partial charge in [0.15, 0.2) is 0 Å². The standard InChI is InChI=1S/C28H22N2O3S/c1-33-20-14-12-17(13-15-20)21-16-22-25(34-26(29-22)18-8-4-2-5-9-18)24-23(21)27(31)30(28(24)32)19-10-6-3-7-11-19/h2-16,21,23-25H,1H3/t21-,23+,24+,25-/m1/s1. The Kier molecular flexibility index (Phi) is 5.11. The van der Waals surface area contributed by atoms with E-state index >= 15 is 0 Å². The number of imide groups is 1. The van der Waals surface area contributed by atoms with Gasteiger partial charge in [-0.05, 0) is 29.8 Å². The zero-order chi connectivity index (χ0) is 23.2. The molecule has 6 rings (SSSR count). The van der Waals surface area contributed by atoms with E-state index in [0.29, 0.717) is 5.69 Å². The lowest BCUT2D eigenvalue weighted by molar-refractivity contribution is -0.122. The molecule has 0 saturated carbocycles. The summed E-state index contributed by atoms with van der Waals surface area (Å²) in [7, 11) is 1.63. The number of amides is 2. The highest BCUT2D eigenvalue weighted by Crippen LogP contribution is 2.53. The smallest absolute Gasteiger partial charge is 0.239 e. The summed E-state index contributed by atoms with van der Waals surface area (Å²) in [5.41, 5.74) is 3.50. The van der Waals surface area contributed by atoms with Gasteiger partial charge >= 0.3 is 0 Å². The first-order chi connectivity index (χ1) is 16.7. The van der Waals surface area contributed by atoms with Crippen LogP contribution in [0.1, 0.15) is 17.0 Å². The van der Waals surface area contributed by atoms with E-state index in [-0.39, 0.29) is 23.0 Å². The average molecular weight is 467 g/mol. The van der Waals surface area contributed by atoms with Gasteiger partial charge in [0.1, 0.15) is 10.8 Å². The number of fused-ring (bicyclic) bond motifs is 3. The highest BCUT2D eigenvalue weighted by Gasteiger charge is 2.58. The molecular formula is C28H22N2O3S. The average Bonchev–Trinajstić information content (AvgIpc) is 3.43. The second-order valence-corrected chi connectivity index (χ2v) is 9.74. The lowest BCUT2D eigenvalue weighted by atomic mass is 9.73. The van der Waals surface area contributed by atoms with Crippen molar-refractivity contribution in [3.63, 3.8) is 0 Å². The third-order valence-corrected chi connectivity index (χ3v) is 8.10. The predicted octanol–water partition coefficient (Wildman–Crippen LogP) is 5.04. The van der Waals surface area contributed by atoms with E-state index < -0.39 is 11.8 Å². The van der Waals surface area contributed by atoms with Gasteiger partial charge in [-0.1, -0.05) is 78.5 Å². The minimum absolute atomic E-state index is 0.146. The monoisotopic (exact) mass is 466 g/mol. The molecule has 5 nitrogen and oxygen atoms in total. The van der Waals surface area contributed by atoms with E-state index in [1.54, 1.807) is 18.9 Å². The van der Waals surface area contributed by atoms with Crippen LogP contribution in [0.25, 0.3) is 0 Å². The Labute approximate surface area is 202 Å². The first-order valence-corrected chi connectivity index (χ1v) is 12.1. The van der Waals surface area contributed by atoms with E-state index in [4.69, 9.17) is 9.73 Å². The number of ether oxygens (including phenoxy) is 1. The van der Waals surface area contributed by atoms with Gasteiger partial charge in [-0.15, -0.1) is 0 Å². The summed E-state index contributed by atoms with van der Waals surface area (Å²) in [6.45, 7) is 0. The van der Waals surface area contributed by atoms with Crippen LogP contribution in [0.4, 0.5) is 5.69 Å². The van der Waals surface area contributed by atoms with Crippen LogP contribution >= 0.6 is 11.8 Å². The fourth-order valence-electron chi connectivity index (χ4n) is 5.15. The van der Waals surface area contributed by atoms with Crippen LogP contribution in [0.2, 0.25) is 0 Å². The first-order valence-electron chi connectivity index (χ1n) is 11.2. The highest BCUT2D eigenvalue weighted by molar-refractivity contribution is 8.15. The molecule has 0 N–H and O–H groups in total. The van der Waals surface area contributed by atoms with E-state index in [0.717, 1.165) is 27.6 Å². The Morgan fingerprint density at radius 2 is 1.47 bits per heavy atom. The quantitative estimate of drug-likeness (QED) is 0.505. The van der Waals surface area contributed by atoms with Crippen molar-refractivity contribution < 1.29 is 14.3 Å². The molecule has 3 aromatic rings. The number of hydrogen-bond acceptors (Lipinski definition) is 5. The van der Waals surface area contributed by atoms with Crippen molar-refractivity contribution in [1.29, 1.82) is 0 Å². The van der Waals surface area contributed by atoms with E-state index in [1.165, 1.54) is 4.90 Å². The first kappa shape index (κ1) is 20.9. The number of thioether (sulfide) groups is 1. The number of allylic oxidation sites excluding steroid dienone is 1. The maximum atomic E-state index is 13.8. The van der Waals surface area contributed by atoms with Crippen LogP contribution in [0.15, 0.2) is 102 Å². The SMILES string of the molecule is COc1ccc([C@H]2C=C3N=C(c4ccccc4)S[C@H]3[C@H]3C(=O)N(c4ccccc4)C(=O)[C@H]32)cc1. The molecule has 0 bridgehead atoms. The second-order valence-electron chi connectivity index (χ2n) is 8.61. The maximum Gasteiger partial charge on any atom is 0.239 e. The van der Waals surface area contributed by atoms with Crippen LogP contribution in [0.5, 0.6) is 5.75 Å². The van der Waals surface area contributed by atoms with Crippen LogP contribution in [-0.2, 0) is 9.59 Å². The van der Waals surface area contributed by atoms with Gasteiger partial charge in [-0.3, -0.25) is 9.59 Å². The summed E-state index contributed by atoms with van der Waals surface area (Å²) in [5, 5.41) is 0.712. The number of para-hydroxylation sites is 1. The number of aliphatic imine (C=N–C) groups is 1. The maximum absolute atomic E-state index is 13.8. The molecule has 2 aliphatic heterocycles. The number of nitrogens with zero attached hydrogens (tertiary/aromatic N) is 2. The number of carbonyl (C=O) groups excluding carboxylic acids is 2. The van der Waals surface area contributed by atoms with Crippen molar-refractivity contribution in [1.82, 2.24) is 0 Å². The lowest BCUT2D eigenvalue weighted by Crippen LogP contribution is -2.36. The summed E-state index contributed by atoms with van der Waals surface area (Å²) in [6.07, 6.45) is 2.09. The Balaban J connectivity index is 1.46. The van der Waals surface area contributed by atoms with E-state index in [2.05, 4.69) is 6.08 Å². The third kappa shape index (κ3) is 3.29. The zero-order valence-electron chi connectivity index (χ0n) is 18.5. The van der Waals surface area contributed by atoms with Gasteiger partial charge in [0.25, 0.3) is 0 Å². The number of hydrogen-bond donors (Lipinski definition) is 0. The zero-order valence-corrected chi connectivity index (χ0v) is 19.3. The van der Waals surface area contributed by atoms with Crippen molar-refractivity contribution in [2.24, 2.45) is 16.8 Å². The Morgan fingerprint density at radius 3 is 2.15 bits per heavy atom. The minimum Gasteiger partial charge on any atom is -0.497 e. The number of benzene rings is 3. The Morgan fingerprint density at radius 1 is 0.824 bits per heavy atom. The van der Waals surface area contributed by atoms with Crippen molar-refractivity contribution in [2.45, 2.75) is 11.2 Å². The van der Waals surface area contributed by atoms with Crippen molar-refractivity contribution in [2.75, 3.05) is 12.0 Å². The third-order valence-electron chi connectivity index (χ3n) is 6.76. The molecule has 4 atom stereocenters. The summed E-state index contributed by atoms with van der Waals surface area (Å²) in [4.78, 5) is 33.9. The molecule has 2 amide bonds. The molecule has 3 aromatic carbocycles. The highest BCUT2D eigenvalue weighted by atomic mass is 32.2. The van der Waals surface area contributed by atoms with Gasteiger partial charge in [0, 0.05) is 11.5 Å². The molecule has 6 heteroatoms. The van der Waals surface area contributed by atoms with Gasteiger partial charge in [0.05, 0.1) is 35.6 Å². The van der Waals surface area contributed by atoms with Crippen molar-refractivity contribution in [3.05, 3.63) is 108 Å². The summed E-state index contributed by atoms with van der Waals surface area (Å²) < 4.78 is 5.32. The Bertz CT molecular complexity index is 1320.